The average Bonchev–Trinajstić information content (AvgIpc) is 2.32. The fourth-order valence-corrected chi connectivity index (χ4v) is 2.97. The van der Waals surface area contributed by atoms with Crippen LogP contribution >= 0.6 is 11.6 Å². The maximum Gasteiger partial charge on any atom is 0.0459 e. The van der Waals surface area contributed by atoms with E-state index >= 15 is 0 Å². The molecule has 2 N–H and O–H groups in total. The second kappa shape index (κ2) is 5.91. The zero-order chi connectivity index (χ0) is 13.1. The Morgan fingerprint density at radius 2 is 2.17 bits per heavy atom. The minimum atomic E-state index is 0.513. The third-order valence-corrected chi connectivity index (χ3v) is 3.98. The van der Waals surface area contributed by atoms with E-state index in [9.17, 15) is 0 Å². The van der Waals surface area contributed by atoms with E-state index in [1.54, 1.807) is 0 Å². The number of halogens is 1. The van der Waals surface area contributed by atoms with Gasteiger partial charge in [0.15, 0.2) is 0 Å². The molecule has 1 aliphatic rings. The van der Waals surface area contributed by atoms with E-state index in [1.165, 1.54) is 11.3 Å². The van der Waals surface area contributed by atoms with Gasteiger partial charge >= 0.3 is 0 Å². The Bertz CT molecular complexity index is 408. The minimum absolute atomic E-state index is 0.513. The van der Waals surface area contributed by atoms with Crippen LogP contribution in [0, 0.1) is 0 Å². The molecular weight excluding hydrogens is 246 g/mol. The summed E-state index contributed by atoms with van der Waals surface area (Å²) >= 11 is 6.31. The van der Waals surface area contributed by atoms with Crippen molar-refractivity contribution in [2.75, 3.05) is 38.1 Å². The van der Waals surface area contributed by atoms with Crippen LogP contribution in [0.15, 0.2) is 18.2 Å². The Morgan fingerprint density at radius 3 is 2.83 bits per heavy atom. The molecule has 0 spiro atoms. The Kier molecular flexibility index (Phi) is 4.49. The molecule has 100 valence electrons. The smallest absolute Gasteiger partial charge is 0.0459 e. The molecule has 3 nitrogen and oxygen atoms in total. The molecule has 1 fully saturated rings. The van der Waals surface area contributed by atoms with Gasteiger partial charge in [-0.1, -0.05) is 17.7 Å². The van der Waals surface area contributed by atoms with Crippen LogP contribution in [0.5, 0.6) is 0 Å². The van der Waals surface area contributed by atoms with Crippen molar-refractivity contribution in [2.24, 2.45) is 5.73 Å². The second-order valence-electron chi connectivity index (χ2n) is 5.08. The van der Waals surface area contributed by atoms with E-state index in [1.807, 2.05) is 12.1 Å². The molecule has 1 heterocycles. The van der Waals surface area contributed by atoms with E-state index < -0.39 is 0 Å². The van der Waals surface area contributed by atoms with Crippen LogP contribution in [-0.2, 0) is 6.42 Å². The lowest BCUT2D eigenvalue weighted by Crippen LogP contribution is -2.50. The molecule has 18 heavy (non-hydrogen) atoms. The SMILES string of the molecule is CC1CN(C)CCN1c1cccc(Cl)c1CCN. The van der Waals surface area contributed by atoms with Crippen molar-refractivity contribution in [3.8, 4) is 0 Å². The molecule has 1 aromatic rings. The molecular formula is C14H22ClN3. The number of nitrogens with two attached hydrogens (primary N) is 1. The van der Waals surface area contributed by atoms with E-state index in [0.29, 0.717) is 12.6 Å². The van der Waals surface area contributed by atoms with Crippen LogP contribution in [0.2, 0.25) is 5.02 Å². The highest BCUT2D eigenvalue weighted by atomic mass is 35.5. The number of likely N-dealkylation sites (N-methyl/N-ethyl adjacent to an activating group) is 1. The Labute approximate surface area is 115 Å². The number of benzene rings is 1. The summed E-state index contributed by atoms with van der Waals surface area (Å²) in [7, 11) is 2.17. The van der Waals surface area contributed by atoms with Crippen molar-refractivity contribution in [2.45, 2.75) is 19.4 Å². The quantitative estimate of drug-likeness (QED) is 0.909. The van der Waals surface area contributed by atoms with Gasteiger partial charge in [0.25, 0.3) is 0 Å². The van der Waals surface area contributed by atoms with Gasteiger partial charge in [0, 0.05) is 36.4 Å². The van der Waals surface area contributed by atoms with Gasteiger partial charge < -0.3 is 15.5 Å². The number of piperazine rings is 1. The Morgan fingerprint density at radius 1 is 1.39 bits per heavy atom. The summed E-state index contributed by atoms with van der Waals surface area (Å²) in [5, 5.41) is 0.837. The van der Waals surface area contributed by atoms with Gasteiger partial charge in [-0.2, -0.15) is 0 Å². The van der Waals surface area contributed by atoms with Crippen molar-refractivity contribution < 1.29 is 0 Å². The molecule has 0 aliphatic carbocycles. The van der Waals surface area contributed by atoms with E-state index in [-0.39, 0.29) is 0 Å². The maximum atomic E-state index is 6.31. The van der Waals surface area contributed by atoms with Crippen LogP contribution in [0.25, 0.3) is 0 Å². The van der Waals surface area contributed by atoms with Crippen LogP contribution < -0.4 is 10.6 Å². The van der Waals surface area contributed by atoms with Crippen LogP contribution in [0.4, 0.5) is 5.69 Å². The van der Waals surface area contributed by atoms with Gasteiger partial charge in [-0.3, -0.25) is 0 Å². The third-order valence-electron chi connectivity index (χ3n) is 3.63. The molecule has 0 saturated carbocycles. The zero-order valence-corrected chi connectivity index (χ0v) is 12.0. The number of hydrogen-bond donors (Lipinski definition) is 1. The minimum Gasteiger partial charge on any atom is -0.366 e. The average molecular weight is 268 g/mol. The van der Waals surface area contributed by atoms with Crippen molar-refractivity contribution in [3.63, 3.8) is 0 Å². The number of rotatable bonds is 3. The zero-order valence-electron chi connectivity index (χ0n) is 11.2. The molecule has 1 aliphatic heterocycles. The summed E-state index contributed by atoms with van der Waals surface area (Å²) in [5.74, 6) is 0. The lowest BCUT2D eigenvalue weighted by molar-refractivity contribution is 0.275. The number of anilines is 1. The summed E-state index contributed by atoms with van der Waals surface area (Å²) in [5.41, 5.74) is 8.15. The standard InChI is InChI=1S/C14H22ClN3/c1-11-10-17(2)8-9-18(11)14-5-3-4-13(15)12(14)6-7-16/h3-5,11H,6-10,16H2,1-2H3. The van der Waals surface area contributed by atoms with Crippen LogP contribution in [0.1, 0.15) is 12.5 Å². The van der Waals surface area contributed by atoms with Crippen molar-refractivity contribution in [1.29, 1.82) is 0 Å². The first-order chi connectivity index (χ1) is 8.63. The van der Waals surface area contributed by atoms with Gasteiger partial charge in [0.1, 0.15) is 0 Å². The largest absolute Gasteiger partial charge is 0.366 e. The summed E-state index contributed by atoms with van der Waals surface area (Å²) in [6.07, 6.45) is 0.841. The molecule has 0 aromatic heterocycles. The predicted molar refractivity (Wildman–Crippen MR) is 78.5 cm³/mol. The summed E-state index contributed by atoms with van der Waals surface area (Å²) in [6.45, 7) is 6.14. The van der Waals surface area contributed by atoms with Crippen molar-refractivity contribution >= 4 is 17.3 Å². The monoisotopic (exact) mass is 267 g/mol. The first-order valence-electron chi connectivity index (χ1n) is 6.56. The molecule has 2 rings (SSSR count). The lowest BCUT2D eigenvalue weighted by atomic mass is 10.1. The Balaban J connectivity index is 2.29. The van der Waals surface area contributed by atoms with Crippen molar-refractivity contribution in [3.05, 3.63) is 28.8 Å². The molecule has 4 heteroatoms. The van der Waals surface area contributed by atoms with Gasteiger partial charge in [-0.25, -0.2) is 0 Å². The number of nitrogens with zero attached hydrogens (tertiary/aromatic N) is 2. The topological polar surface area (TPSA) is 32.5 Å². The fraction of sp³-hybridized carbons (Fsp3) is 0.571. The molecule has 0 amide bonds. The van der Waals surface area contributed by atoms with E-state index in [0.717, 1.165) is 31.1 Å². The summed E-state index contributed by atoms with van der Waals surface area (Å²) < 4.78 is 0. The Hall–Kier alpha value is -0.770. The number of hydrogen-bond acceptors (Lipinski definition) is 3. The maximum absolute atomic E-state index is 6.31. The first-order valence-corrected chi connectivity index (χ1v) is 6.94. The van der Waals surface area contributed by atoms with Gasteiger partial charge in [-0.15, -0.1) is 0 Å². The highest BCUT2D eigenvalue weighted by molar-refractivity contribution is 6.31. The molecule has 1 saturated heterocycles. The van der Waals surface area contributed by atoms with Gasteiger partial charge in [-0.05, 0) is 44.6 Å². The van der Waals surface area contributed by atoms with Crippen molar-refractivity contribution in [1.82, 2.24) is 4.90 Å². The van der Waals surface area contributed by atoms with E-state index in [4.69, 9.17) is 17.3 Å². The summed E-state index contributed by atoms with van der Waals surface area (Å²) in [4.78, 5) is 4.82. The van der Waals surface area contributed by atoms with Crippen LogP contribution in [-0.4, -0.2) is 44.2 Å². The van der Waals surface area contributed by atoms with Crippen LogP contribution in [0.3, 0.4) is 0 Å². The lowest BCUT2D eigenvalue weighted by Gasteiger charge is -2.40. The second-order valence-corrected chi connectivity index (χ2v) is 5.49. The normalized spacial score (nSPS) is 21.3. The predicted octanol–water partition coefficient (Wildman–Crippen LogP) is 1.98. The molecule has 1 aromatic carbocycles. The molecule has 1 unspecified atom stereocenters. The third kappa shape index (κ3) is 2.79. The highest BCUT2D eigenvalue weighted by Crippen LogP contribution is 2.30. The molecule has 1 atom stereocenters. The van der Waals surface area contributed by atoms with Gasteiger partial charge in [0.2, 0.25) is 0 Å². The highest BCUT2D eigenvalue weighted by Gasteiger charge is 2.23. The summed E-state index contributed by atoms with van der Waals surface area (Å²) in [6, 6.07) is 6.66. The van der Waals surface area contributed by atoms with Gasteiger partial charge in [0.05, 0.1) is 0 Å². The fourth-order valence-electron chi connectivity index (χ4n) is 2.71. The first kappa shape index (κ1) is 13.7. The molecule has 0 radical (unpaired) electrons. The van der Waals surface area contributed by atoms with E-state index in [2.05, 4.69) is 29.8 Å². The molecule has 0 bridgehead atoms.